The third-order valence-electron chi connectivity index (χ3n) is 4.74. The molecule has 0 spiro atoms. The quantitative estimate of drug-likeness (QED) is 0.771. The maximum Gasteiger partial charge on any atom is 0.235 e. The van der Waals surface area contributed by atoms with Gasteiger partial charge < -0.3 is 15.4 Å². The zero-order valence-corrected chi connectivity index (χ0v) is 14.2. The fourth-order valence-corrected chi connectivity index (χ4v) is 3.46. The van der Waals surface area contributed by atoms with Gasteiger partial charge in [0.25, 0.3) is 0 Å². The van der Waals surface area contributed by atoms with E-state index >= 15 is 0 Å². The molecule has 2 aliphatic heterocycles. The highest BCUT2D eigenvalue weighted by Crippen LogP contribution is 2.34. The van der Waals surface area contributed by atoms with Gasteiger partial charge in [-0.15, -0.1) is 0 Å². The van der Waals surface area contributed by atoms with E-state index in [1.54, 1.807) is 0 Å². The Hall–Kier alpha value is -0.720. The van der Waals surface area contributed by atoms with Gasteiger partial charge in [0, 0.05) is 44.9 Å². The molecule has 0 aromatic rings. The normalized spacial score (nSPS) is 23.9. The molecule has 2 rings (SSSR count). The van der Waals surface area contributed by atoms with Crippen LogP contribution >= 0.6 is 12.2 Å². The molecule has 1 amide bonds. The Morgan fingerprint density at radius 3 is 2.10 bits per heavy atom. The Balaban J connectivity index is 2.05. The molecule has 0 atom stereocenters. The molecule has 2 fully saturated rings. The van der Waals surface area contributed by atoms with Crippen LogP contribution in [0, 0.1) is 5.41 Å². The SMILES string of the molecule is CC(C)(C)N1CCN(C(=O)C2(C(N)=S)CCOCC2)CC1. The van der Waals surface area contributed by atoms with E-state index in [4.69, 9.17) is 22.7 Å². The fourth-order valence-electron chi connectivity index (χ4n) is 3.17. The second-order valence-electron chi connectivity index (χ2n) is 7.01. The van der Waals surface area contributed by atoms with Crippen molar-refractivity contribution in [2.45, 2.75) is 39.2 Å². The van der Waals surface area contributed by atoms with E-state index in [0.717, 1.165) is 26.2 Å². The van der Waals surface area contributed by atoms with Crippen molar-refractivity contribution in [3.05, 3.63) is 0 Å². The first-order valence-corrected chi connectivity index (χ1v) is 8.10. The topological polar surface area (TPSA) is 58.8 Å². The molecule has 2 N–H and O–H groups in total. The minimum absolute atomic E-state index is 0.104. The van der Waals surface area contributed by atoms with Gasteiger partial charge in [0.15, 0.2) is 0 Å². The van der Waals surface area contributed by atoms with E-state index in [9.17, 15) is 4.79 Å². The lowest BCUT2D eigenvalue weighted by Gasteiger charge is -2.45. The molecular formula is C15H27N3O2S. The smallest absolute Gasteiger partial charge is 0.235 e. The van der Waals surface area contributed by atoms with Crippen LogP contribution in [-0.4, -0.2) is 65.6 Å². The molecule has 21 heavy (non-hydrogen) atoms. The number of carbonyl (C=O) groups is 1. The Bertz CT molecular complexity index is 406. The van der Waals surface area contributed by atoms with E-state index in [1.165, 1.54) is 0 Å². The molecule has 2 heterocycles. The number of hydrogen-bond acceptors (Lipinski definition) is 4. The molecule has 0 bridgehead atoms. The molecule has 2 aliphatic rings. The molecule has 0 aromatic carbocycles. The van der Waals surface area contributed by atoms with Crippen molar-refractivity contribution in [3.63, 3.8) is 0 Å². The van der Waals surface area contributed by atoms with Gasteiger partial charge >= 0.3 is 0 Å². The Labute approximate surface area is 132 Å². The van der Waals surface area contributed by atoms with E-state index in [0.29, 0.717) is 31.0 Å². The molecule has 6 heteroatoms. The summed E-state index contributed by atoms with van der Waals surface area (Å²) in [7, 11) is 0. The summed E-state index contributed by atoms with van der Waals surface area (Å²) in [4.78, 5) is 17.6. The number of nitrogens with two attached hydrogens (primary N) is 1. The van der Waals surface area contributed by atoms with Crippen molar-refractivity contribution in [2.24, 2.45) is 11.1 Å². The first-order chi connectivity index (χ1) is 9.77. The molecule has 0 radical (unpaired) electrons. The summed E-state index contributed by atoms with van der Waals surface area (Å²) in [6.45, 7) is 11.1. The number of nitrogens with zero attached hydrogens (tertiary/aromatic N) is 2. The lowest BCUT2D eigenvalue weighted by atomic mass is 9.78. The zero-order valence-electron chi connectivity index (χ0n) is 13.4. The summed E-state index contributed by atoms with van der Waals surface area (Å²) in [5.41, 5.74) is 5.39. The van der Waals surface area contributed by atoms with Crippen molar-refractivity contribution in [3.8, 4) is 0 Å². The van der Waals surface area contributed by atoms with Crippen LogP contribution in [0.5, 0.6) is 0 Å². The summed E-state index contributed by atoms with van der Waals surface area (Å²) >= 11 is 5.22. The number of piperazine rings is 1. The number of amides is 1. The van der Waals surface area contributed by atoms with E-state index in [1.807, 2.05) is 4.90 Å². The maximum absolute atomic E-state index is 13.0. The maximum atomic E-state index is 13.0. The summed E-state index contributed by atoms with van der Waals surface area (Å²) in [5.74, 6) is 0.104. The van der Waals surface area contributed by atoms with Crippen LogP contribution in [0.1, 0.15) is 33.6 Å². The van der Waals surface area contributed by atoms with Crippen molar-refractivity contribution >= 4 is 23.1 Å². The van der Waals surface area contributed by atoms with Gasteiger partial charge in [0.1, 0.15) is 5.41 Å². The first-order valence-electron chi connectivity index (χ1n) is 7.69. The van der Waals surface area contributed by atoms with Gasteiger partial charge in [-0.3, -0.25) is 9.69 Å². The molecule has 0 unspecified atom stereocenters. The van der Waals surface area contributed by atoms with Crippen LogP contribution in [0.2, 0.25) is 0 Å². The zero-order chi connectivity index (χ0) is 15.7. The van der Waals surface area contributed by atoms with Crippen LogP contribution in [-0.2, 0) is 9.53 Å². The highest BCUT2D eigenvalue weighted by Gasteiger charge is 2.46. The second-order valence-corrected chi connectivity index (χ2v) is 7.45. The summed E-state index contributed by atoms with van der Waals surface area (Å²) in [6, 6.07) is 0. The molecule has 0 aromatic heterocycles. The van der Waals surface area contributed by atoms with Crippen molar-refractivity contribution < 1.29 is 9.53 Å². The van der Waals surface area contributed by atoms with Crippen molar-refractivity contribution in [1.82, 2.24) is 9.80 Å². The van der Waals surface area contributed by atoms with E-state index < -0.39 is 5.41 Å². The fraction of sp³-hybridized carbons (Fsp3) is 0.867. The third-order valence-corrected chi connectivity index (χ3v) is 5.13. The average Bonchev–Trinajstić information content (AvgIpc) is 2.46. The molecule has 0 aliphatic carbocycles. The molecular weight excluding hydrogens is 286 g/mol. The molecule has 5 nitrogen and oxygen atoms in total. The summed E-state index contributed by atoms with van der Waals surface area (Å²) in [6.07, 6.45) is 1.22. The van der Waals surface area contributed by atoms with Crippen LogP contribution in [0.3, 0.4) is 0 Å². The standard InChI is InChI=1S/C15H27N3O2S/c1-14(2,3)18-8-6-17(7-9-18)13(19)15(12(16)21)4-10-20-11-5-15/h4-11H2,1-3H3,(H2,16,21). The minimum Gasteiger partial charge on any atom is -0.392 e. The number of thiocarbonyl (C=S) groups is 1. The largest absolute Gasteiger partial charge is 0.392 e. The lowest BCUT2D eigenvalue weighted by Crippen LogP contribution is -2.59. The number of carbonyl (C=O) groups excluding carboxylic acids is 1. The lowest BCUT2D eigenvalue weighted by molar-refractivity contribution is -0.145. The van der Waals surface area contributed by atoms with E-state index in [2.05, 4.69) is 25.7 Å². The predicted molar refractivity (Wildman–Crippen MR) is 87.2 cm³/mol. The van der Waals surface area contributed by atoms with Crippen LogP contribution in [0.15, 0.2) is 0 Å². The van der Waals surface area contributed by atoms with Gasteiger partial charge in [-0.2, -0.15) is 0 Å². The summed E-state index contributed by atoms with van der Waals surface area (Å²) < 4.78 is 5.38. The van der Waals surface area contributed by atoms with Gasteiger partial charge in [-0.1, -0.05) is 12.2 Å². The minimum atomic E-state index is -0.683. The van der Waals surface area contributed by atoms with Gasteiger partial charge in [0.2, 0.25) is 5.91 Å². The number of rotatable bonds is 2. The van der Waals surface area contributed by atoms with Gasteiger partial charge in [-0.25, -0.2) is 0 Å². The predicted octanol–water partition coefficient (Wildman–Crippen LogP) is 1.01. The molecule has 2 saturated heterocycles. The number of ether oxygens (including phenoxy) is 1. The van der Waals surface area contributed by atoms with Gasteiger partial charge in [-0.05, 0) is 33.6 Å². The monoisotopic (exact) mass is 313 g/mol. The third kappa shape index (κ3) is 3.38. The van der Waals surface area contributed by atoms with Gasteiger partial charge in [0.05, 0.1) is 4.99 Å². The Morgan fingerprint density at radius 2 is 1.67 bits per heavy atom. The van der Waals surface area contributed by atoms with Crippen molar-refractivity contribution in [2.75, 3.05) is 39.4 Å². The first kappa shape index (κ1) is 16.6. The number of hydrogen-bond donors (Lipinski definition) is 1. The Kier molecular flexibility index (Phi) is 4.90. The molecule has 120 valence electrons. The second kappa shape index (κ2) is 6.18. The average molecular weight is 313 g/mol. The van der Waals surface area contributed by atoms with Crippen LogP contribution in [0.4, 0.5) is 0 Å². The molecule has 0 saturated carbocycles. The Morgan fingerprint density at radius 1 is 1.14 bits per heavy atom. The summed E-state index contributed by atoms with van der Waals surface area (Å²) in [5, 5.41) is 0. The van der Waals surface area contributed by atoms with Crippen molar-refractivity contribution in [1.29, 1.82) is 0 Å². The highest BCUT2D eigenvalue weighted by molar-refractivity contribution is 7.80. The van der Waals surface area contributed by atoms with Crippen LogP contribution < -0.4 is 5.73 Å². The highest BCUT2D eigenvalue weighted by atomic mass is 32.1. The van der Waals surface area contributed by atoms with Crippen LogP contribution in [0.25, 0.3) is 0 Å². The van der Waals surface area contributed by atoms with E-state index in [-0.39, 0.29) is 11.4 Å².